The number of ether oxygens (including phenoxy) is 2. The lowest BCUT2D eigenvalue weighted by atomic mass is 10.1. The number of rotatable bonds is 3. The Labute approximate surface area is 217 Å². The van der Waals surface area contributed by atoms with E-state index in [9.17, 15) is 14.0 Å². The summed E-state index contributed by atoms with van der Waals surface area (Å²) in [4.78, 5) is 33.6. The minimum atomic E-state index is -0.547. The normalized spacial score (nSPS) is 15.4. The number of pyridine rings is 1. The number of nitrogens with one attached hydrogen (secondary N) is 3. The quantitative estimate of drug-likeness (QED) is 0.370. The van der Waals surface area contributed by atoms with Gasteiger partial charge < -0.3 is 20.1 Å². The van der Waals surface area contributed by atoms with Crippen LogP contribution in [0.1, 0.15) is 36.7 Å². The average molecular weight is 520 g/mol. The monoisotopic (exact) mass is 519 g/mol. The molecule has 196 valence electrons. The Morgan fingerprint density at radius 3 is 2.76 bits per heavy atom. The maximum absolute atomic E-state index is 14.1. The Balaban J connectivity index is 1.54. The third kappa shape index (κ3) is 5.33. The zero-order valence-corrected chi connectivity index (χ0v) is 21.0. The van der Waals surface area contributed by atoms with Crippen LogP contribution < -0.4 is 20.7 Å². The second-order valence-electron chi connectivity index (χ2n) is 9.10. The topological polar surface area (TPSA) is 132 Å². The van der Waals surface area contributed by atoms with Crippen molar-refractivity contribution >= 4 is 29.2 Å². The van der Waals surface area contributed by atoms with Gasteiger partial charge in [-0.15, -0.1) is 0 Å². The summed E-state index contributed by atoms with van der Waals surface area (Å²) in [6.45, 7) is 5.69. The van der Waals surface area contributed by atoms with Gasteiger partial charge in [-0.3, -0.25) is 10.1 Å². The molecule has 0 saturated heterocycles. The summed E-state index contributed by atoms with van der Waals surface area (Å²) in [5, 5.41) is 13.1. The maximum Gasteiger partial charge on any atom is 0.411 e. The van der Waals surface area contributed by atoms with Crippen molar-refractivity contribution in [1.29, 1.82) is 0 Å². The number of anilines is 2. The minimum Gasteiger partial charge on any atom is -0.473 e. The van der Waals surface area contributed by atoms with E-state index in [-0.39, 0.29) is 31.0 Å². The van der Waals surface area contributed by atoms with E-state index in [0.717, 1.165) is 11.8 Å². The van der Waals surface area contributed by atoms with E-state index in [1.165, 1.54) is 16.8 Å². The number of aromatic nitrogens is 4. The summed E-state index contributed by atoms with van der Waals surface area (Å²) >= 11 is 0. The molecule has 0 unspecified atom stereocenters. The first-order valence-corrected chi connectivity index (χ1v) is 12.1. The Morgan fingerprint density at radius 2 is 2.00 bits per heavy atom. The summed E-state index contributed by atoms with van der Waals surface area (Å²) in [6.07, 6.45) is 3.08. The molecule has 12 heteroatoms. The number of nitrogens with zero attached hydrogens (tertiary/aromatic N) is 4. The Kier molecular flexibility index (Phi) is 6.77. The van der Waals surface area contributed by atoms with Crippen molar-refractivity contribution in [3.8, 4) is 17.0 Å². The Hall–Kier alpha value is -4.74. The molecular formula is C26H26FN7O4. The van der Waals surface area contributed by atoms with Gasteiger partial charge in [0, 0.05) is 29.6 Å². The molecule has 5 rings (SSSR count). The van der Waals surface area contributed by atoms with Gasteiger partial charge in [-0.25, -0.2) is 23.7 Å². The van der Waals surface area contributed by atoms with Crippen LogP contribution in [0, 0.1) is 5.82 Å². The summed E-state index contributed by atoms with van der Waals surface area (Å²) in [5.74, 6) is -0.152. The highest BCUT2D eigenvalue weighted by Gasteiger charge is 2.21. The lowest BCUT2D eigenvalue weighted by molar-refractivity contribution is 0.0931. The van der Waals surface area contributed by atoms with E-state index in [0.29, 0.717) is 33.8 Å². The number of hydrogen-bond acceptors (Lipinski definition) is 8. The van der Waals surface area contributed by atoms with Crippen LogP contribution in [0.25, 0.3) is 16.8 Å². The van der Waals surface area contributed by atoms with Crippen LogP contribution in [0.3, 0.4) is 0 Å². The fourth-order valence-corrected chi connectivity index (χ4v) is 3.96. The SMILES string of the molecule is CC(C)OC(=O)Nc1ccc(-c2cn3ncc4c3nc2NCc2cc(F)cnc2O[C@@H](C)CNC4=O)cc1. The predicted octanol–water partition coefficient (Wildman–Crippen LogP) is 4.01. The highest BCUT2D eigenvalue weighted by molar-refractivity contribution is 6.00. The van der Waals surface area contributed by atoms with Crippen LogP contribution in [-0.2, 0) is 11.3 Å². The molecule has 0 fully saturated rings. The van der Waals surface area contributed by atoms with Crippen LogP contribution in [0.15, 0.2) is 48.9 Å². The van der Waals surface area contributed by atoms with Crippen molar-refractivity contribution < 1.29 is 23.5 Å². The van der Waals surface area contributed by atoms with Gasteiger partial charge in [-0.05, 0) is 44.5 Å². The van der Waals surface area contributed by atoms with Crippen molar-refractivity contribution in [2.45, 2.75) is 39.5 Å². The number of benzene rings is 1. The van der Waals surface area contributed by atoms with Gasteiger partial charge >= 0.3 is 6.09 Å². The molecule has 1 aromatic carbocycles. The molecule has 4 aromatic rings. The van der Waals surface area contributed by atoms with Crippen LogP contribution in [-0.4, -0.2) is 50.3 Å². The number of halogens is 1. The zero-order chi connectivity index (χ0) is 26.8. The lowest BCUT2D eigenvalue weighted by Crippen LogP contribution is -2.33. The van der Waals surface area contributed by atoms with Crippen molar-refractivity contribution in [3.63, 3.8) is 0 Å². The summed E-state index contributed by atoms with van der Waals surface area (Å²) < 4.78 is 26.6. The average Bonchev–Trinajstić information content (AvgIpc) is 3.29. The number of amides is 2. The van der Waals surface area contributed by atoms with E-state index >= 15 is 0 Å². The zero-order valence-electron chi connectivity index (χ0n) is 21.0. The molecule has 1 atom stereocenters. The second-order valence-corrected chi connectivity index (χ2v) is 9.10. The molecule has 0 spiro atoms. The number of fused-ring (bicyclic) bond motifs is 2. The smallest absolute Gasteiger partial charge is 0.411 e. The number of carbonyl (C=O) groups is 2. The van der Waals surface area contributed by atoms with Gasteiger partial charge in [0.1, 0.15) is 23.3 Å². The molecule has 0 saturated carbocycles. The molecule has 3 N–H and O–H groups in total. The molecule has 3 aromatic heterocycles. The first-order valence-electron chi connectivity index (χ1n) is 12.1. The molecule has 38 heavy (non-hydrogen) atoms. The van der Waals surface area contributed by atoms with Gasteiger partial charge in [0.15, 0.2) is 5.65 Å². The molecule has 2 bridgehead atoms. The Morgan fingerprint density at radius 1 is 1.21 bits per heavy atom. The Bertz CT molecular complexity index is 1500. The summed E-state index contributed by atoms with van der Waals surface area (Å²) in [6, 6.07) is 8.44. The third-order valence-corrected chi connectivity index (χ3v) is 5.72. The minimum absolute atomic E-state index is 0.161. The van der Waals surface area contributed by atoms with Gasteiger partial charge in [0.25, 0.3) is 5.91 Å². The highest BCUT2D eigenvalue weighted by Crippen LogP contribution is 2.30. The van der Waals surface area contributed by atoms with Crippen LogP contribution in [0.4, 0.5) is 20.7 Å². The van der Waals surface area contributed by atoms with E-state index in [1.807, 2.05) is 12.1 Å². The molecule has 0 aliphatic carbocycles. The van der Waals surface area contributed by atoms with Crippen LogP contribution in [0.2, 0.25) is 0 Å². The largest absolute Gasteiger partial charge is 0.473 e. The fourth-order valence-electron chi connectivity index (χ4n) is 3.96. The molecule has 1 aliphatic heterocycles. The van der Waals surface area contributed by atoms with Gasteiger partial charge in [0.05, 0.1) is 25.0 Å². The molecule has 11 nitrogen and oxygen atoms in total. The van der Waals surface area contributed by atoms with E-state index in [1.54, 1.807) is 39.1 Å². The van der Waals surface area contributed by atoms with E-state index in [4.69, 9.17) is 14.5 Å². The highest BCUT2D eigenvalue weighted by atomic mass is 19.1. The first-order chi connectivity index (χ1) is 18.3. The predicted molar refractivity (Wildman–Crippen MR) is 138 cm³/mol. The number of hydrogen-bond donors (Lipinski definition) is 3. The van der Waals surface area contributed by atoms with Gasteiger partial charge in [-0.2, -0.15) is 5.10 Å². The summed E-state index contributed by atoms with van der Waals surface area (Å²) in [5.41, 5.74) is 3.13. The van der Waals surface area contributed by atoms with Crippen molar-refractivity contribution in [2.24, 2.45) is 0 Å². The molecule has 1 aliphatic rings. The second kappa shape index (κ2) is 10.3. The van der Waals surface area contributed by atoms with Crippen molar-refractivity contribution in [3.05, 3.63) is 65.9 Å². The molecule has 2 amide bonds. The maximum atomic E-state index is 14.1. The summed E-state index contributed by atoms with van der Waals surface area (Å²) in [7, 11) is 0. The van der Waals surface area contributed by atoms with Crippen molar-refractivity contribution in [2.75, 3.05) is 17.2 Å². The van der Waals surface area contributed by atoms with Gasteiger partial charge in [-0.1, -0.05) is 12.1 Å². The third-order valence-electron chi connectivity index (χ3n) is 5.72. The van der Waals surface area contributed by atoms with E-state index < -0.39 is 18.0 Å². The standard InChI is InChI=1S/C26H26FN7O4/c1-14(2)37-26(36)32-19-6-4-16(5-7-19)21-13-34-23-20(12-31-34)24(35)29-9-15(3)38-25-17(8-18(27)11-30-25)10-28-22(21)33-23/h4-8,11-15H,9-10H2,1-3H3,(H,28,33)(H,29,35)(H,32,36)/t15-/m0/s1. The lowest BCUT2D eigenvalue weighted by Gasteiger charge is -2.17. The van der Waals surface area contributed by atoms with E-state index in [2.05, 4.69) is 26.0 Å². The van der Waals surface area contributed by atoms with Gasteiger partial charge in [0.2, 0.25) is 5.88 Å². The molecule has 4 heterocycles. The first kappa shape index (κ1) is 24.9. The molecule has 0 radical (unpaired) electrons. The fraction of sp³-hybridized carbons (Fsp3) is 0.269. The number of carbonyl (C=O) groups excluding carboxylic acids is 2. The van der Waals surface area contributed by atoms with Crippen molar-refractivity contribution in [1.82, 2.24) is 24.9 Å². The molecular weight excluding hydrogens is 493 g/mol. The van der Waals surface area contributed by atoms with Crippen LogP contribution in [0.5, 0.6) is 5.88 Å². The van der Waals surface area contributed by atoms with Crippen LogP contribution >= 0.6 is 0 Å².